The molecule has 1 atom stereocenters. The summed E-state index contributed by atoms with van der Waals surface area (Å²) in [6.45, 7) is 1.90. The van der Waals surface area contributed by atoms with Gasteiger partial charge in [-0.15, -0.1) is 0 Å². The third-order valence-corrected chi connectivity index (χ3v) is 5.52. The molecule has 0 amide bonds. The van der Waals surface area contributed by atoms with Crippen molar-refractivity contribution in [2.75, 3.05) is 16.3 Å². The lowest BCUT2D eigenvalue weighted by molar-refractivity contribution is 0.731. The van der Waals surface area contributed by atoms with E-state index in [-0.39, 0.29) is 10.8 Å². The lowest BCUT2D eigenvalue weighted by Gasteiger charge is -2.21. The lowest BCUT2D eigenvalue weighted by Crippen LogP contribution is -2.27. The van der Waals surface area contributed by atoms with E-state index >= 15 is 0 Å². The van der Waals surface area contributed by atoms with Gasteiger partial charge in [-0.25, -0.2) is 9.97 Å². The molecule has 0 radical (unpaired) electrons. The van der Waals surface area contributed by atoms with Crippen LogP contribution >= 0.6 is 35.1 Å². The third-order valence-electron chi connectivity index (χ3n) is 4.60. The van der Waals surface area contributed by atoms with Crippen LogP contribution in [-0.2, 0) is 0 Å². The van der Waals surface area contributed by atoms with Crippen LogP contribution in [0.25, 0.3) is 16.6 Å². The van der Waals surface area contributed by atoms with Crippen molar-refractivity contribution in [1.82, 2.24) is 19.5 Å². The Kier molecular flexibility index (Phi) is 6.31. The van der Waals surface area contributed by atoms with E-state index in [1.165, 1.54) is 11.9 Å². The van der Waals surface area contributed by atoms with Gasteiger partial charge in [-0.05, 0) is 42.8 Å². The van der Waals surface area contributed by atoms with Gasteiger partial charge in [0, 0.05) is 6.26 Å². The van der Waals surface area contributed by atoms with E-state index in [9.17, 15) is 4.79 Å². The number of hydrogen-bond donors (Lipinski definition) is 2. The monoisotopic (exact) mass is 472 g/mol. The summed E-state index contributed by atoms with van der Waals surface area (Å²) >= 11 is 13.8. The third kappa shape index (κ3) is 4.32. The second-order valence-electron chi connectivity index (χ2n) is 6.65. The van der Waals surface area contributed by atoms with E-state index < -0.39 is 6.04 Å². The first-order chi connectivity index (χ1) is 15.0. The first-order valence-electron chi connectivity index (χ1n) is 9.34. The van der Waals surface area contributed by atoms with E-state index in [0.29, 0.717) is 38.9 Å². The zero-order valence-corrected chi connectivity index (χ0v) is 19.0. The summed E-state index contributed by atoms with van der Waals surface area (Å²) in [6.07, 6.45) is 3.49. The maximum Gasteiger partial charge on any atom is 0.267 e. The van der Waals surface area contributed by atoms with Gasteiger partial charge in [-0.2, -0.15) is 4.98 Å². The smallest absolute Gasteiger partial charge is 0.267 e. The zero-order chi connectivity index (χ0) is 22.0. The highest BCUT2D eigenvalue weighted by molar-refractivity contribution is 7.99. The van der Waals surface area contributed by atoms with Crippen molar-refractivity contribution in [3.8, 4) is 5.69 Å². The Bertz CT molecular complexity index is 1300. The van der Waals surface area contributed by atoms with Crippen molar-refractivity contribution in [2.45, 2.75) is 13.0 Å². The number of anilines is 2. The predicted octanol–water partition coefficient (Wildman–Crippen LogP) is 5.35. The molecule has 158 valence electrons. The summed E-state index contributed by atoms with van der Waals surface area (Å²) in [6, 6.07) is 14.2. The van der Waals surface area contributed by atoms with Gasteiger partial charge in [0.1, 0.15) is 11.5 Å². The molecule has 31 heavy (non-hydrogen) atoms. The van der Waals surface area contributed by atoms with E-state index in [4.69, 9.17) is 28.2 Å². The molecular weight excluding hydrogens is 455 g/mol. The van der Waals surface area contributed by atoms with Crippen LogP contribution in [0.3, 0.4) is 0 Å². The molecule has 0 aliphatic heterocycles. The van der Waals surface area contributed by atoms with Crippen molar-refractivity contribution in [3.05, 3.63) is 81.2 Å². The molecule has 0 bridgehead atoms. The SMILES string of the molecule is CSNc1cnc(Cl)nc1NC(C)c1nc2cccc(Cl)c2c(=O)n1-c1ccccc1. The number of rotatable bonds is 6. The van der Waals surface area contributed by atoms with Gasteiger partial charge in [0.25, 0.3) is 5.56 Å². The summed E-state index contributed by atoms with van der Waals surface area (Å²) < 4.78 is 4.68. The summed E-state index contributed by atoms with van der Waals surface area (Å²) in [4.78, 5) is 26.6. The van der Waals surface area contributed by atoms with Gasteiger partial charge in [0.05, 0.1) is 33.9 Å². The molecule has 10 heteroatoms. The Morgan fingerprint density at radius 1 is 1.06 bits per heavy atom. The minimum atomic E-state index is -0.398. The number of para-hydroxylation sites is 1. The number of benzene rings is 2. The highest BCUT2D eigenvalue weighted by Gasteiger charge is 2.20. The Hall–Kier alpha value is -2.81. The molecule has 2 aromatic carbocycles. The number of aromatic nitrogens is 4. The van der Waals surface area contributed by atoms with Crippen molar-refractivity contribution in [3.63, 3.8) is 0 Å². The van der Waals surface area contributed by atoms with Crippen LogP contribution < -0.4 is 15.6 Å². The second kappa shape index (κ2) is 9.13. The summed E-state index contributed by atoms with van der Waals surface area (Å²) in [7, 11) is 0. The molecule has 2 aromatic heterocycles. The molecule has 0 aliphatic carbocycles. The van der Waals surface area contributed by atoms with Gasteiger partial charge in [0.2, 0.25) is 5.28 Å². The molecule has 2 N–H and O–H groups in total. The van der Waals surface area contributed by atoms with E-state index in [0.717, 1.165) is 0 Å². The standard InChI is InChI=1S/C21H18Cl2N6OS/c1-12(25-18-16(28-31-2)11-24-21(23)27-18)19-26-15-10-6-9-14(22)17(15)20(30)29(19)13-7-4-3-5-8-13/h3-12,28H,1-2H3,(H,24,25,27). The van der Waals surface area contributed by atoms with Crippen molar-refractivity contribution in [1.29, 1.82) is 0 Å². The molecule has 0 spiro atoms. The molecule has 0 saturated carbocycles. The van der Waals surface area contributed by atoms with Gasteiger partial charge in [0.15, 0.2) is 5.82 Å². The largest absolute Gasteiger partial charge is 0.358 e. The van der Waals surface area contributed by atoms with Crippen LogP contribution in [0.5, 0.6) is 0 Å². The maximum absolute atomic E-state index is 13.5. The fourth-order valence-corrected chi connectivity index (χ4v) is 4.00. The maximum atomic E-state index is 13.5. The van der Waals surface area contributed by atoms with Crippen molar-refractivity contribution in [2.24, 2.45) is 0 Å². The summed E-state index contributed by atoms with van der Waals surface area (Å²) in [5.41, 5.74) is 1.64. The quantitative estimate of drug-likeness (QED) is 0.289. The molecule has 7 nitrogen and oxygen atoms in total. The van der Waals surface area contributed by atoms with Crippen molar-refractivity contribution >= 4 is 57.6 Å². The fraction of sp³-hybridized carbons (Fsp3) is 0.143. The van der Waals surface area contributed by atoms with Crippen LogP contribution in [0.15, 0.2) is 59.5 Å². The minimum Gasteiger partial charge on any atom is -0.358 e. The Balaban J connectivity index is 1.89. The second-order valence-corrected chi connectivity index (χ2v) is 8.01. The van der Waals surface area contributed by atoms with Crippen LogP contribution in [0.1, 0.15) is 18.8 Å². The molecule has 0 saturated heterocycles. The Morgan fingerprint density at radius 2 is 1.84 bits per heavy atom. The molecule has 0 fully saturated rings. The van der Waals surface area contributed by atoms with Crippen LogP contribution in [0, 0.1) is 0 Å². The van der Waals surface area contributed by atoms with Gasteiger partial charge >= 0.3 is 0 Å². The van der Waals surface area contributed by atoms with E-state index in [1.54, 1.807) is 29.0 Å². The molecular formula is C21H18Cl2N6OS. The average molecular weight is 473 g/mol. The number of hydrogen-bond acceptors (Lipinski definition) is 7. The Labute approximate surface area is 193 Å². The van der Waals surface area contributed by atoms with Gasteiger partial charge in [-0.3, -0.25) is 9.36 Å². The first-order valence-corrected chi connectivity index (χ1v) is 11.3. The molecule has 2 heterocycles. The lowest BCUT2D eigenvalue weighted by atomic mass is 10.2. The fourth-order valence-electron chi connectivity index (χ4n) is 3.25. The molecule has 1 unspecified atom stereocenters. The molecule has 0 aliphatic rings. The van der Waals surface area contributed by atoms with E-state index in [2.05, 4.69) is 20.0 Å². The topological polar surface area (TPSA) is 84.7 Å². The minimum absolute atomic E-state index is 0.111. The summed E-state index contributed by atoms with van der Waals surface area (Å²) in [5.74, 6) is 1.01. The van der Waals surface area contributed by atoms with Crippen LogP contribution in [0.2, 0.25) is 10.3 Å². The van der Waals surface area contributed by atoms with Gasteiger partial charge in [-0.1, -0.05) is 47.8 Å². The van der Waals surface area contributed by atoms with Crippen molar-refractivity contribution < 1.29 is 0 Å². The van der Waals surface area contributed by atoms with E-state index in [1.807, 2.05) is 43.5 Å². The number of nitrogens with zero attached hydrogens (tertiary/aromatic N) is 4. The number of nitrogens with one attached hydrogen (secondary N) is 2. The predicted molar refractivity (Wildman–Crippen MR) is 129 cm³/mol. The summed E-state index contributed by atoms with van der Waals surface area (Å²) in [5, 5.41) is 4.15. The zero-order valence-electron chi connectivity index (χ0n) is 16.6. The number of fused-ring (bicyclic) bond motifs is 1. The number of halogens is 2. The highest BCUT2D eigenvalue weighted by Crippen LogP contribution is 2.28. The average Bonchev–Trinajstić information content (AvgIpc) is 2.76. The van der Waals surface area contributed by atoms with Gasteiger partial charge < -0.3 is 10.0 Å². The molecule has 4 aromatic rings. The van der Waals surface area contributed by atoms with Crippen LogP contribution in [-0.4, -0.2) is 25.8 Å². The Morgan fingerprint density at radius 3 is 2.58 bits per heavy atom. The first kappa shape index (κ1) is 21.4. The van der Waals surface area contributed by atoms with Crippen LogP contribution in [0.4, 0.5) is 11.5 Å². The molecule has 4 rings (SSSR count). The normalized spacial score (nSPS) is 12.0. The highest BCUT2D eigenvalue weighted by atomic mass is 35.5.